The second-order valence-corrected chi connectivity index (χ2v) is 21.2. The smallest absolute Gasteiger partial charge is 0.260 e. The number of ketones is 1. The molecule has 7 rings (SSSR count). The van der Waals surface area contributed by atoms with Crippen molar-refractivity contribution in [3.8, 4) is 10.4 Å². The molecule has 0 spiro atoms. The van der Waals surface area contributed by atoms with Gasteiger partial charge in [-0.2, -0.15) is 4.98 Å². The first kappa shape index (κ1) is 51.8. The maximum Gasteiger partial charge on any atom is 0.260 e. The number of carbonyl (C=O) groups excluding carboxylic acids is 4. The van der Waals surface area contributed by atoms with E-state index >= 15 is 0 Å². The van der Waals surface area contributed by atoms with Crippen molar-refractivity contribution in [2.75, 3.05) is 28.7 Å². The van der Waals surface area contributed by atoms with Gasteiger partial charge in [-0.1, -0.05) is 108 Å². The molecule has 0 aliphatic carbocycles. The molecule has 3 amide bonds. The third-order valence-corrected chi connectivity index (χ3v) is 15.1. The molecule has 5 aromatic rings. The first-order chi connectivity index (χ1) is 33.5. The van der Waals surface area contributed by atoms with Crippen LogP contribution < -0.4 is 20.4 Å². The van der Waals surface area contributed by atoms with Gasteiger partial charge in [0.05, 0.1) is 45.7 Å². The number of aliphatic hydroxyl groups excluding tert-OH is 1. The molecule has 2 aromatic heterocycles. The van der Waals surface area contributed by atoms with Gasteiger partial charge in [0.1, 0.15) is 17.5 Å². The van der Waals surface area contributed by atoms with E-state index in [4.69, 9.17) is 4.98 Å². The van der Waals surface area contributed by atoms with Gasteiger partial charge in [0.2, 0.25) is 17.8 Å². The summed E-state index contributed by atoms with van der Waals surface area (Å²) >= 11 is 1.59. The highest BCUT2D eigenvalue weighted by atomic mass is 32.1. The van der Waals surface area contributed by atoms with Crippen molar-refractivity contribution in [2.45, 2.75) is 150 Å². The van der Waals surface area contributed by atoms with Crippen LogP contribution in [0.15, 0.2) is 84.5 Å². The second kappa shape index (κ2) is 23.3. The van der Waals surface area contributed by atoms with Gasteiger partial charge in [0, 0.05) is 50.5 Å². The third kappa shape index (κ3) is 12.5. The van der Waals surface area contributed by atoms with Crippen LogP contribution in [0.4, 0.5) is 28.8 Å². The van der Waals surface area contributed by atoms with Crippen LogP contribution in [0.25, 0.3) is 10.4 Å². The van der Waals surface area contributed by atoms with E-state index in [-0.39, 0.29) is 55.0 Å². The maximum atomic E-state index is 14.2. The van der Waals surface area contributed by atoms with Gasteiger partial charge < -0.3 is 30.4 Å². The Morgan fingerprint density at radius 2 is 1.57 bits per heavy atom. The van der Waals surface area contributed by atoms with Crippen LogP contribution in [0.1, 0.15) is 145 Å². The summed E-state index contributed by atoms with van der Waals surface area (Å²) in [6, 6.07) is 23.2. The Bertz CT molecular complexity index is 2590. The summed E-state index contributed by atoms with van der Waals surface area (Å²) in [7, 11) is 1.77. The molecule has 3 aromatic carbocycles. The van der Waals surface area contributed by atoms with Gasteiger partial charge in [0.15, 0.2) is 5.82 Å². The monoisotopic (exact) mass is 969 g/mol. The number of carbonyl (C=O) groups is 4. The molecule has 4 heterocycles. The number of benzene rings is 3. The van der Waals surface area contributed by atoms with E-state index in [0.29, 0.717) is 29.4 Å². The zero-order chi connectivity index (χ0) is 50.1. The number of aryl methyl sites for hydroxylation is 2. The minimum atomic E-state index is -0.809. The van der Waals surface area contributed by atoms with E-state index in [1.54, 1.807) is 29.5 Å². The normalized spacial score (nSPS) is 17.1. The topological polar surface area (TPSA) is 161 Å². The van der Waals surface area contributed by atoms with Crippen LogP contribution in [-0.2, 0) is 20.8 Å². The van der Waals surface area contributed by atoms with Gasteiger partial charge in [0.25, 0.3) is 5.91 Å². The minimum absolute atomic E-state index is 0.0661. The Morgan fingerprint density at radius 3 is 2.24 bits per heavy atom. The molecule has 70 heavy (non-hydrogen) atoms. The quantitative estimate of drug-likeness (QED) is 0.0604. The molecular formula is C56H72N8O5S. The summed E-state index contributed by atoms with van der Waals surface area (Å²) in [6.07, 6.45) is 10.8. The fourth-order valence-electron chi connectivity index (χ4n) is 9.65. The summed E-state index contributed by atoms with van der Waals surface area (Å²) in [5, 5.41) is 17.1. The highest BCUT2D eigenvalue weighted by Gasteiger charge is 2.44. The number of anilines is 5. The van der Waals surface area contributed by atoms with Crippen molar-refractivity contribution in [2.24, 2.45) is 11.3 Å². The first-order valence-electron chi connectivity index (χ1n) is 25.2. The van der Waals surface area contributed by atoms with Gasteiger partial charge in [-0.25, -0.2) is 9.97 Å². The molecule has 1 fully saturated rings. The van der Waals surface area contributed by atoms with E-state index in [1.165, 1.54) is 10.5 Å². The predicted octanol–water partition coefficient (Wildman–Crippen LogP) is 11.3. The number of hydrogen-bond donors (Lipinski definition) is 3. The fraction of sp³-hybridized carbons (Fsp3) is 0.482. The number of fused-ring (bicyclic) bond motifs is 2. The molecule has 13 nitrogen and oxygen atoms in total. The number of nitrogens with zero attached hydrogens (tertiary/aromatic N) is 6. The van der Waals surface area contributed by atoms with Gasteiger partial charge in [-0.3, -0.25) is 19.2 Å². The van der Waals surface area contributed by atoms with Crippen molar-refractivity contribution >= 4 is 63.7 Å². The number of likely N-dealkylation sites (tertiary alicyclic amines) is 1. The molecule has 1 unspecified atom stereocenters. The first-order valence-corrected chi connectivity index (χ1v) is 26.1. The standard InChI is InChI=1S/C56H72N8O5S/c1-9-36(2)64-47-22-18-17-21-45(47)53(68)62(8)49-33-57-55(61-51(49)64)60-42-29-23-39(24-30-42)19-15-13-11-10-12-14-16-20-43(65)31-46(56(5,6)7)54(69)63-34-44(66)32-48(63)52(67)59-37(3)40-25-27-41(28-26-40)50-38(4)58-35-70-50/h17-18,21-30,33,35-37,44,46,48,66H,9-16,19-20,31-32,34H2,1-8H3,(H,59,67)(H,57,60,61)/t36?,37-,44+,46+,48-/m0/s1. The van der Waals surface area contributed by atoms with Crippen LogP contribution in [0.2, 0.25) is 0 Å². The summed E-state index contributed by atoms with van der Waals surface area (Å²) in [5.74, 6) is 0.000976. The number of thiazole rings is 1. The highest BCUT2D eigenvalue weighted by molar-refractivity contribution is 7.13. The number of amides is 3. The minimum Gasteiger partial charge on any atom is -0.391 e. The van der Waals surface area contributed by atoms with E-state index in [1.807, 2.05) is 88.7 Å². The Morgan fingerprint density at radius 1 is 0.886 bits per heavy atom. The fourth-order valence-corrected chi connectivity index (χ4v) is 10.5. The maximum absolute atomic E-state index is 14.2. The summed E-state index contributed by atoms with van der Waals surface area (Å²) < 4.78 is 0. The lowest BCUT2D eigenvalue weighted by molar-refractivity contribution is -0.146. The van der Waals surface area contributed by atoms with Crippen molar-refractivity contribution < 1.29 is 24.3 Å². The lowest BCUT2D eigenvalue weighted by atomic mass is 9.76. The summed E-state index contributed by atoms with van der Waals surface area (Å²) in [4.78, 5) is 75.0. The van der Waals surface area contributed by atoms with Crippen molar-refractivity contribution in [1.82, 2.24) is 25.2 Å². The molecule has 1 saturated heterocycles. The average molecular weight is 969 g/mol. The Labute approximate surface area is 418 Å². The number of hydrogen-bond acceptors (Lipinski definition) is 11. The summed E-state index contributed by atoms with van der Waals surface area (Å²) in [6.45, 7) is 14.2. The highest BCUT2D eigenvalue weighted by Crippen LogP contribution is 2.41. The molecule has 2 aliphatic rings. The van der Waals surface area contributed by atoms with Gasteiger partial charge >= 0.3 is 0 Å². The molecule has 5 atom stereocenters. The number of para-hydroxylation sites is 1. The number of nitrogens with one attached hydrogen (secondary N) is 2. The van der Waals surface area contributed by atoms with Crippen molar-refractivity contribution in [1.29, 1.82) is 0 Å². The zero-order valence-electron chi connectivity index (χ0n) is 42.3. The van der Waals surface area contributed by atoms with Gasteiger partial charge in [-0.15, -0.1) is 11.3 Å². The lowest BCUT2D eigenvalue weighted by Crippen LogP contribution is -2.50. The number of rotatable bonds is 21. The molecule has 372 valence electrons. The SMILES string of the molecule is CCC(C)N1c2ccccc2C(=O)N(C)c2cnc(Nc3ccc(CCCCCCCCCC(=O)C[C@H](C(=O)N4C[C@H](O)C[C@H]4C(=O)N[C@@H](C)c4ccc(-c5scnc5C)cc4)C(C)(C)C)cc3)nc21. The number of β-amino-alcohol motifs (C(OH)–C–C–N with tert-alkyl or cyclic N) is 1. The number of aliphatic hydroxyl groups is 1. The molecule has 2 aliphatic heterocycles. The average Bonchev–Trinajstić information content (AvgIpc) is 3.95. The molecule has 0 bridgehead atoms. The van der Waals surface area contributed by atoms with Crippen LogP contribution in [-0.4, -0.2) is 80.2 Å². The van der Waals surface area contributed by atoms with E-state index < -0.39 is 23.5 Å². The second-order valence-electron chi connectivity index (χ2n) is 20.4. The Kier molecular flexibility index (Phi) is 17.2. The number of aromatic nitrogens is 3. The lowest BCUT2D eigenvalue weighted by Gasteiger charge is -2.35. The molecule has 14 heteroatoms. The van der Waals surface area contributed by atoms with Crippen LogP contribution in [0.3, 0.4) is 0 Å². The molecule has 0 radical (unpaired) electrons. The third-order valence-electron chi connectivity index (χ3n) is 14.1. The summed E-state index contributed by atoms with van der Waals surface area (Å²) in [5.41, 5.74) is 8.63. The van der Waals surface area contributed by atoms with Crippen LogP contribution in [0, 0.1) is 18.3 Å². The van der Waals surface area contributed by atoms with Crippen molar-refractivity contribution in [3.05, 3.63) is 107 Å². The van der Waals surface area contributed by atoms with E-state index in [0.717, 1.165) is 90.9 Å². The van der Waals surface area contributed by atoms with Gasteiger partial charge in [-0.05, 0) is 92.8 Å². The largest absolute Gasteiger partial charge is 0.391 e. The molecular weight excluding hydrogens is 897 g/mol. The molecule has 3 N–H and O–H groups in total. The van der Waals surface area contributed by atoms with Crippen LogP contribution in [0.5, 0.6) is 0 Å². The Balaban J connectivity index is 0.812. The molecule has 0 saturated carbocycles. The Hall–Kier alpha value is -5.99. The predicted molar refractivity (Wildman–Crippen MR) is 281 cm³/mol. The van der Waals surface area contributed by atoms with Crippen molar-refractivity contribution in [3.63, 3.8) is 0 Å². The zero-order valence-corrected chi connectivity index (χ0v) is 43.2. The van der Waals surface area contributed by atoms with Crippen LogP contribution >= 0.6 is 11.3 Å². The number of Topliss-reactive ketones (excluding diaryl/α,β-unsaturated/α-hetero) is 1. The number of unbranched alkanes of at least 4 members (excludes halogenated alkanes) is 6. The van der Waals surface area contributed by atoms with E-state index in [9.17, 15) is 24.3 Å². The van der Waals surface area contributed by atoms with E-state index in [2.05, 4.69) is 63.6 Å².